The Morgan fingerprint density at radius 3 is 2.21 bits per heavy atom. The van der Waals surface area contributed by atoms with Crippen LogP contribution in [0.1, 0.15) is 22.5 Å². The van der Waals surface area contributed by atoms with Crippen LogP contribution in [-0.2, 0) is 11.2 Å². The first-order chi connectivity index (χ1) is 18.8. The lowest BCUT2D eigenvalue weighted by molar-refractivity contribution is -0.384. The molecule has 0 N–H and O–H groups in total. The zero-order valence-corrected chi connectivity index (χ0v) is 23.0. The number of imide groups is 1. The van der Waals surface area contributed by atoms with Gasteiger partial charge in [0.1, 0.15) is 0 Å². The normalized spacial score (nSPS) is 14.4. The highest BCUT2D eigenvalue weighted by Crippen LogP contribution is 2.34. The summed E-state index contributed by atoms with van der Waals surface area (Å²) in [6, 6.07) is 26.4. The highest BCUT2D eigenvalue weighted by molar-refractivity contribution is 8.18. The standard InChI is InChI=1S/C30H25N3O4S2/c1-20-18-23(19-28-29(34)31(30(35)39-28)17-16-22-6-4-3-5-7-22)21(2)32(20)24-8-12-26(13-9-24)38-27-14-10-25(11-15-27)33(36)37/h3-15,18-19H,16-17H2,1-2H3/b28-19-. The van der Waals surface area contributed by atoms with Crippen molar-refractivity contribution in [3.8, 4) is 5.69 Å². The topological polar surface area (TPSA) is 85.5 Å². The number of non-ortho nitro benzene ring substituents is 1. The Kier molecular flexibility index (Phi) is 7.72. The average molecular weight is 556 g/mol. The Balaban J connectivity index is 1.30. The van der Waals surface area contributed by atoms with E-state index < -0.39 is 4.92 Å². The lowest BCUT2D eigenvalue weighted by Gasteiger charge is -2.12. The molecule has 1 aliphatic heterocycles. The van der Waals surface area contributed by atoms with Gasteiger partial charge in [0.2, 0.25) is 0 Å². The van der Waals surface area contributed by atoms with E-state index in [0.717, 1.165) is 49.8 Å². The maximum atomic E-state index is 13.0. The number of amides is 2. The van der Waals surface area contributed by atoms with Crippen LogP contribution >= 0.6 is 23.5 Å². The van der Waals surface area contributed by atoms with E-state index in [1.807, 2.05) is 80.6 Å². The van der Waals surface area contributed by atoms with Gasteiger partial charge < -0.3 is 4.57 Å². The summed E-state index contributed by atoms with van der Waals surface area (Å²) in [4.78, 5) is 39.8. The highest BCUT2D eigenvalue weighted by Gasteiger charge is 2.34. The van der Waals surface area contributed by atoms with Crippen molar-refractivity contribution < 1.29 is 14.5 Å². The van der Waals surface area contributed by atoms with Gasteiger partial charge in [-0.05, 0) is 91.7 Å². The molecule has 3 aromatic carbocycles. The number of hydrogen-bond acceptors (Lipinski definition) is 6. The summed E-state index contributed by atoms with van der Waals surface area (Å²) in [6.45, 7) is 4.36. The van der Waals surface area contributed by atoms with E-state index in [-0.39, 0.29) is 16.8 Å². The minimum atomic E-state index is -0.406. The summed E-state index contributed by atoms with van der Waals surface area (Å²) < 4.78 is 2.12. The van der Waals surface area contributed by atoms with Gasteiger partial charge in [-0.2, -0.15) is 0 Å². The molecule has 4 aromatic rings. The van der Waals surface area contributed by atoms with Gasteiger partial charge >= 0.3 is 0 Å². The van der Waals surface area contributed by atoms with Crippen LogP contribution in [0, 0.1) is 24.0 Å². The number of benzene rings is 3. The number of carbonyl (C=O) groups is 2. The van der Waals surface area contributed by atoms with E-state index >= 15 is 0 Å². The molecule has 1 fully saturated rings. The molecule has 1 aromatic heterocycles. The summed E-state index contributed by atoms with van der Waals surface area (Å²) in [5, 5.41) is 10.6. The summed E-state index contributed by atoms with van der Waals surface area (Å²) in [6.07, 6.45) is 2.43. The number of carbonyl (C=O) groups excluding carboxylic acids is 2. The quantitative estimate of drug-likeness (QED) is 0.128. The lowest BCUT2D eigenvalue weighted by Crippen LogP contribution is -2.30. The Morgan fingerprint density at radius 2 is 1.56 bits per heavy atom. The zero-order valence-electron chi connectivity index (χ0n) is 21.4. The number of nitro benzene ring substituents is 1. The van der Waals surface area contributed by atoms with Gasteiger partial charge in [-0.15, -0.1) is 0 Å². The largest absolute Gasteiger partial charge is 0.318 e. The molecule has 1 saturated heterocycles. The molecule has 7 nitrogen and oxygen atoms in total. The first kappa shape index (κ1) is 26.5. The molecular weight excluding hydrogens is 530 g/mol. The van der Waals surface area contributed by atoms with E-state index in [1.165, 1.54) is 28.8 Å². The molecule has 39 heavy (non-hydrogen) atoms. The van der Waals surface area contributed by atoms with Crippen molar-refractivity contribution in [1.29, 1.82) is 0 Å². The SMILES string of the molecule is Cc1cc(/C=C2\SC(=O)N(CCc3ccccc3)C2=O)c(C)n1-c1ccc(Sc2ccc([N+](=O)[O-])cc2)cc1. The molecule has 0 bridgehead atoms. The van der Waals surface area contributed by atoms with Gasteiger partial charge in [0.15, 0.2) is 0 Å². The van der Waals surface area contributed by atoms with Gasteiger partial charge in [-0.1, -0.05) is 42.1 Å². The molecule has 2 heterocycles. The minimum Gasteiger partial charge on any atom is -0.318 e. The fraction of sp³-hybridized carbons (Fsp3) is 0.133. The van der Waals surface area contributed by atoms with Crippen molar-refractivity contribution in [3.05, 3.63) is 122 Å². The number of nitro groups is 1. The van der Waals surface area contributed by atoms with Crippen molar-refractivity contribution >= 4 is 46.4 Å². The van der Waals surface area contributed by atoms with E-state index in [0.29, 0.717) is 17.9 Å². The monoisotopic (exact) mass is 555 g/mol. The Labute approximate surface area is 234 Å². The number of hydrogen-bond donors (Lipinski definition) is 0. The summed E-state index contributed by atoms with van der Waals surface area (Å²) in [7, 11) is 0. The third kappa shape index (κ3) is 5.84. The number of aryl methyl sites for hydroxylation is 1. The first-order valence-corrected chi connectivity index (χ1v) is 13.9. The van der Waals surface area contributed by atoms with Crippen LogP contribution in [0.5, 0.6) is 0 Å². The third-order valence-electron chi connectivity index (χ3n) is 6.48. The van der Waals surface area contributed by atoms with Crippen LogP contribution in [-0.4, -0.2) is 32.1 Å². The van der Waals surface area contributed by atoms with Crippen LogP contribution < -0.4 is 0 Å². The maximum absolute atomic E-state index is 13.0. The first-order valence-electron chi connectivity index (χ1n) is 12.3. The number of nitrogens with zero attached hydrogens (tertiary/aromatic N) is 3. The van der Waals surface area contributed by atoms with E-state index in [1.54, 1.807) is 12.1 Å². The van der Waals surface area contributed by atoms with E-state index in [2.05, 4.69) is 4.57 Å². The second kappa shape index (κ2) is 11.3. The number of thioether (sulfide) groups is 1. The summed E-state index contributed by atoms with van der Waals surface area (Å²) in [5.41, 5.74) is 5.01. The van der Waals surface area contributed by atoms with Crippen molar-refractivity contribution in [2.24, 2.45) is 0 Å². The Bertz CT molecular complexity index is 1580. The zero-order chi connectivity index (χ0) is 27.5. The fourth-order valence-electron chi connectivity index (χ4n) is 4.49. The fourth-order valence-corrected chi connectivity index (χ4v) is 6.16. The van der Waals surface area contributed by atoms with Crippen LogP contribution in [0.15, 0.2) is 99.6 Å². The van der Waals surface area contributed by atoms with Gasteiger partial charge in [0.25, 0.3) is 16.8 Å². The molecule has 5 rings (SSSR count). The molecule has 0 aliphatic carbocycles. The average Bonchev–Trinajstić information content (AvgIpc) is 3.36. The predicted molar refractivity (Wildman–Crippen MR) is 155 cm³/mol. The molecule has 2 amide bonds. The van der Waals surface area contributed by atoms with Gasteiger partial charge in [0.05, 0.1) is 9.83 Å². The van der Waals surface area contributed by atoms with Crippen molar-refractivity contribution in [3.63, 3.8) is 0 Å². The van der Waals surface area contributed by atoms with Crippen LogP contribution in [0.25, 0.3) is 11.8 Å². The Morgan fingerprint density at radius 1 is 0.923 bits per heavy atom. The molecule has 1 aliphatic rings. The summed E-state index contributed by atoms with van der Waals surface area (Å²) in [5.74, 6) is -0.252. The van der Waals surface area contributed by atoms with E-state index in [4.69, 9.17) is 0 Å². The molecule has 196 valence electrons. The van der Waals surface area contributed by atoms with Gasteiger partial charge in [-0.25, -0.2) is 0 Å². The van der Waals surface area contributed by atoms with E-state index in [9.17, 15) is 19.7 Å². The summed E-state index contributed by atoms with van der Waals surface area (Å²) >= 11 is 2.52. The predicted octanol–water partition coefficient (Wildman–Crippen LogP) is 7.43. The third-order valence-corrected chi connectivity index (χ3v) is 8.40. The maximum Gasteiger partial charge on any atom is 0.293 e. The lowest BCUT2D eigenvalue weighted by atomic mass is 10.1. The van der Waals surface area contributed by atoms with Gasteiger partial charge in [0, 0.05) is 45.5 Å². The molecule has 0 radical (unpaired) electrons. The van der Waals surface area contributed by atoms with Gasteiger partial charge in [-0.3, -0.25) is 24.6 Å². The minimum absolute atomic E-state index is 0.0704. The van der Waals surface area contributed by atoms with Crippen molar-refractivity contribution in [2.75, 3.05) is 6.54 Å². The van der Waals surface area contributed by atoms with Crippen LogP contribution in [0.3, 0.4) is 0 Å². The van der Waals surface area contributed by atoms with Crippen molar-refractivity contribution in [2.45, 2.75) is 30.1 Å². The number of aromatic nitrogens is 1. The molecule has 9 heteroatoms. The molecule has 0 saturated carbocycles. The number of rotatable bonds is 8. The molecule has 0 unspecified atom stereocenters. The smallest absolute Gasteiger partial charge is 0.293 e. The highest BCUT2D eigenvalue weighted by atomic mass is 32.2. The Hall–Kier alpha value is -4.08. The molecule has 0 atom stereocenters. The molecule has 0 spiro atoms. The van der Waals surface area contributed by atoms with Crippen molar-refractivity contribution in [1.82, 2.24) is 9.47 Å². The molecular formula is C30H25N3O4S2. The van der Waals surface area contributed by atoms with Crippen LogP contribution in [0.2, 0.25) is 0 Å². The second-order valence-electron chi connectivity index (χ2n) is 9.08. The van der Waals surface area contributed by atoms with Crippen LogP contribution in [0.4, 0.5) is 10.5 Å². The second-order valence-corrected chi connectivity index (χ2v) is 11.2.